The number of hydrogen-bond donors (Lipinski definition) is 2. The van der Waals surface area contributed by atoms with Crippen LogP contribution in [0.15, 0.2) is 35.7 Å². The summed E-state index contributed by atoms with van der Waals surface area (Å²) in [6.45, 7) is 3.64. The summed E-state index contributed by atoms with van der Waals surface area (Å²) >= 11 is 0. The summed E-state index contributed by atoms with van der Waals surface area (Å²) in [6, 6.07) is 3.84. The van der Waals surface area contributed by atoms with E-state index in [1.165, 1.54) is 31.3 Å². The number of nitrogens with zero attached hydrogens (tertiary/aromatic N) is 1. The standard InChI is InChI=1S/C11H15N3O3S/c1-3-6-14(2)18(16,17)10-5-4-8(11(13)15)7-9(10)12/h3-5,7H,1,6,12H2,2H3,(H2,13,15). The molecule has 1 rings (SSSR count). The Balaban J connectivity index is 3.26. The third-order valence-corrected chi connectivity index (χ3v) is 4.27. The van der Waals surface area contributed by atoms with Crippen LogP contribution in [0.25, 0.3) is 0 Å². The van der Waals surface area contributed by atoms with Crippen molar-refractivity contribution >= 4 is 21.6 Å². The molecule has 0 aliphatic rings. The highest BCUT2D eigenvalue weighted by Crippen LogP contribution is 2.22. The Kier molecular flexibility index (Phi) is 4.10. The molecule has 0 spiro atoms. The summed E-state index contributed by atoms with van der Waals surface area (Å²) < 4.78 is 25.3. The zero-order valence-corrected chi connectivity index (χ0v) is 10.8. The van der Waals surface area contributed by atoms with Gasteiger partial charge in [-0.25, -0.2) is 8.42 Å². The molecule has 6 nitrogen and oxygen atoms in total. The van der Waals surface area contributed by atoms with E-state index in [9.17, 15) is 13.2 Å². The van der Waals surface area contributed by atoms with Gasteiger partial charge >= 0.3 is 0 Å². The van der Waals surface area contributed by atoms with Crippen molar-refractivity contribution in [1.29, 1.82) is 0 Å². The number of likely N-dealkylation sites (N-methyl/N-ethyl adjacent to an activating group) is 1. The lowest BCUT2D eigenvalue weighted by molar-refractivity contribution is 0.1000. The first-order valence-corrected chi connectivity index (χ1v) is 6.51. The Morgan fingerprint density at radius 3 is 2.56 bits per heavy atom. The smallest absolute Gasteiger partial charge is 0.248 e. The Bertz CT molecular complexity index is 581. The van der Waals surface area contributed by atoms with Gasteiger partial charge in [-0.2, -0.15) is 4.31 Å². The highest BCUT2D eigenvalue weighted by Gasteiger charge is 2.22. The fourth-order valence-corrected chi connectivity index (χ4v) is 2.62. The van der Waals surface area contributed by atoms with Crippen LogP contribution in [-0.2, 0) is 10.0 Å². The molecule has 0 fully saturated rings. The van der Waals surface area contributed by atoms with Crippen LogP contribution in [0.1, 0.15) is 10.4 Å². The molecule has 4 N–H and O–H groups in total. The van der Waals surface area contributed by atoms with Gasteiger partial charge in [-0.3, -0.25) is 4.79 Å². The van der Waals surface area contributed by atoms with E-state index in [4.69, 9.17) is 11.5 Å². The van der Waals surface area contributed by atoms with Crippen molar-refractivity contribution in [3.8, 4) is 0 Å². The number of carbonyl (C=O) groups excluding carboxylic acids is 1. The first-order valence-electron chi connectivity index (χ1n) is 5.07. The number of benzene rings is 1. The molecule has 0 aromatic heterocycles. The van der Waals surface area contributed by atoms with Gasteiger partial charge in [-0.1, -0.05) is 6.08 Å². The minimum Gasteiger partial charge on any atom is -0.398 e. The van der Waals surface area contributed by atoms with Gasteiger partial charge in [0.25, 0.3) is 0 Å². The zero-order valence-electron chi connectivity index (χ0n) is 9.96. The number of anilines is 1. The molecule has 1 aromatic carbocycles. The van der Waals surface area contributed by atoms with E-state index >= 15 is 0 Å². The van der Waals surface area contributed by atoms with Crippen molar-refractivity contribution in [2.45, 2.75) is 4.90 Å². The van der Waals surface area contributed by atoms with Gasteiger partial charge in [0.1, 0.15) is 4.90 Å². The second-order valence-electron chi connectivity index (χ2n) is 3.69. The van der Waals surface area contributed by atoms with E-state index < -0.39 is 15.9 Å². The van der Waals surface area contributed by atoms with E-state index in [1.807, 2.05) is 0 Å². The van der Waals surface area contributed by atoms with Crippen LogP contribution in [0.2, 0.25) is 0 Å². The first-order chi connectivity index (χ1) is 8.30. The second kappa shape index (κ2) is 5.19. The van der Waals surface area contributed by atoms with Gasteiger partial charge in [0.2, 0.25) is 15.9 Å². The number of hydrogen-bond acceptors (Lipinski definition) is 4. The van der Waals surface area contributed by atoms with Gasteiger partial charge in [-0.15, -0.1) is 6.58 Å². The summed E-state index contributed by atoms with van der Waals surface area (Å²) in [6.07, 6.45) is 1.46. The Hall–Kier alpha value is -1.86. The minimum atomic E-state index is -3.69. The minimum absolute atomic E-state index is 0.0118. The molecule has 0 aliphatic heterocycles. The van der Waals surface area contributed by atoms with Gasteiger partial charge in [0.05, 0.1) is 5.69 Å². The number of nitrogen functional groups attached to an aromatic ring is 1. The Labute approximate surface area is 106 Å². The largest absolute Gasteiger partial charge is 0.398 e. The lowest BCUT2D eigenvalue weighted by Gasteiger charge is -2.16. The summed E-state index contributed by atoms with van der Waals surface area (Å²) in [7, 11) is -2.27. The highest BCUT2D eigenvalue weighted by atomic mass is 32.2. The number of carbonyl (C=O) groups is 1. The van der Waals surface area contributed by atoms with E-state index in [0.717, 1.165) is 4.31 Å². The summed E-state index contributed by atoms with van der Waals surface area (Å²) in [5, 5.41) is 0. The zero-order chi connectivity index (χ0) is 13.9. The van der Waals surface area contributed by atoms with Gasteiger partial charge in [-0.05, 0) is 18.2 Å². The van der Waals surface area contributed by atoms with Crippen molar-refractivity contribution in [2.24, 2.45) is 5.73 Å². The molecule has 0 saturated heterocycles. The van der Waals surface area contributed by atoms with Gasteiger partial charge in [0.15, 0.2) is 0 Å². The molecule has 7 heteroatoms. The van der Waals surface area contributed by atoms with Crippen molar-refractivity contribution in [3.63, 3.8) is 0 Å². The summed E-state index contributed by atoms with van der Waals surface area (Å²) in [4.78, 5) is 10.9. The highest BCUT2D eigenvalue weighted by molar-refractivity contribution is 7.89. The quantitative estimate of drug-likeness (QED) is 0.587. The second-order valence-corrected chi connectivity index (χ2v) is 5.70. The third kappa shape index (κ3) is 2.69. The van der Waals surface area contributed by atoms with Crippen LogP contribution in [0.4, 0.5) is 5.69 Å². The molecule has 0 bridgehead atoms. The average Bonchev–Trinajstić information content (AvgIpc) is 2.28. The SMILES string of the molecule is C=CCN(C)S(=O)(=O)c1ccc(C(N)=O)cc1N. The molecule has 1 amide bonds. The fraction of sp³-hybridized carbons (Fsp3) is 0.182. The number of primary amides is 1. The van der Waals surface area contributed by atoms with Crippen molar-refractivity contribution in [3.05, 3.63) is 36.4 Å². The van der Waals surface area contributed by atoms with Crippen LogP contribution in [0.5, 0.6) is 0 Å². The monoisotopic (exact) mass is 269 g/mol. The van der Waals surface area contributed by atoms with E-state index in [2.05, 4.69) is 6.58 Å². The maximum atomic E-state index is 12.1. The van der Waals surface area contributed by atoms with Crippen LogP contribution in [-0.4, -0.2) is 32.2 Å². The molecule has 0 saturated carbocycles. The number of nitrogens with two attached hydrogens (primary N) is 2. The molecule has 0 atom stereocenters. The topological polar surface area (TPSA) is 106 Å². The van der Waals surface area contributed by atoms with Crippen molar-refractivity contribution in [1.82, 2.24) is 4.31 Å². The van der Waals surface area contributed by atoms with E-state index in [0.29, 0.717) is 0 Å². The molecular weight excluding hydrogens is 254 g/mol. The molecule has 0 radical (unpaired) electrons. The molecule has 0 aliphatic carbocycles. The van der Waals surface area contributed by atoms with Crippen molar-refractivity contribution in [2.75, 3.05) is 19.3 Å². The van der Waals surface area contributed by atoms with Crippen molar-refractivity contribution < 1.29 is 13.2 Å². The van der Waals surface area contributed by atoms with E-state index in [-0.39, 0.29) is 22.7 Å². The molecule has 1 aromatic rings. The summed E-state index contributed by atoms with van der Waals surface area (Å²) in [5.41, 5.74) is 10.9. The predicted octanol–water partition coefficient (Wildman–Crippen LogP) is 0.174. The van der Waals surface area contributed by atoms with Crippen LogP contribution in [0, 0.1) is 0 Å². The lowest BCUT2D eigenvalue weighted by atomic mass is 10.2. The number of rotatable bonds is 5. The molecular formula is C11H15N3O3S. The number of amides is 1. The predicted molar refractivity (Wildman–Crippen MR) is 69.4 cm³/mol. The fourth-order valence-electron chi connectivity index (χ4n) is 1.38. The molecule has 18 heavy (non-hydrogen) atoms. The van der Waals surface area contributed by atoms with E-state index in [1.54, 1.807) is 0 Å². The lowest BCUT2D eigenvalue weighted by Crippen LogP contribution is -2.27. The van der Waals surface area contributed by atoms with Gasteiger partial charge in [0, 0.05) is 19.2 Å². The first kappa shape index (κ1) is 14.2. The van der Waals surface area contributed by atoms with Crippen LogP contribution in [0.3, 0.4) is 0 Å². The van der Waals surface area contributed by atoms with Gasteiger partial charge < -0.3 is 11.5 Å². The number of sulfonamides is 1. The third-order valence-electron chi connectivity index (χ3n) is 2.37. The molecule has 0 unspecified atom stereocenters. The maximum absolute atomic E-state index is 12.1. The molecule has 98 valence electrons. The summed E-state index contributed by atoms with van der Waals surface area (Å²) in [5.74, 6) is -0.662. The Morgan fingerprint density at radius 1 is 1.50 bits per heavy atom. The Morgan fingerprint density at radius 2 is 2.11 bits per heavy atom. The maximum Gasteiger partial charge on any atom is 0.248 e. The average molecular weight is 269 g/mol. The normalized spacial score (nSPS) is 11.4. The van der Waals surface area contributed by atoms with Crippen LogP contribution >= 0.6 is 0 Å². The molecule has 0 heterocycles. The van der Waals surface area contributed by atoms with Crippen LogP contribution < -0.4 is 11.5 Å².